The molecule has 1 aromatic heterocycles. The first kappa shape index (κ1) is 15.5. The summed E-state index contributed by atoms with van der Waals surface area (Å²) in [5, 5.41) is 2.42. The van der Waals surface area contributed by atoms with E-state index in [0.29, 0.717) is 15.8 Å². The number of rotatable bonds is 5. The molecule has 108 valence electrons. The van der Waals surface area contributed by atoms with Crippen molar-refractivity contribution < 1.29 is 8.42 Å². The molecule has 0 aliphatic heterocycles. The van der Waals surface area contributed by atoms with Crippen LogP contribution >= 0.6 is 22.9 Å². The molecule has 0 aliphatic carbocycles. The number of nitrogens with one attached hydrogen (secondary N) is 1. The maximum Gasteiger partial charge on any atom is 0.250 e. The van der Waals surface area contributed by atoms with Gasteiger partial charge < -0.3 is 0 Å². The third-order valence-corrected chi connectivity index (χ3v) is 6.14. The van der Waals surface area contributed by atoms with Crippen LogP contribution in [0.25, 0.3) is 0 Å². The maximum absolute atomic E-state index is 12.1. The second-order valence-corrected chi connectivity index (χ2v) is 8.53. The van der Waals surface area contributed by atoms with Crippen molar-refractivity contribution in [2.75, 3.05) is 6.54 Å². The first-order valence-corrected chi connectivity index (χ1v) is 8.84. The van der Waals surface area contributed by atoms with Crippen molar-refractivity contribution in [2.45, 2.75) is 23.5 Å². The van der Waals surface area contributed by atoms with E-state index in [1.807, 2.05) is 38.1 Å². The predicted octanol–water partition coefficient (Wildman–Crippen LogP) is 3.66. The van der Waals surface area contributed by atoms with Gasteiger partial charge in [-0.05, 0) is 29.1 Å². The normalized spacial score (nSPS) is 12.6. The monoisotopic (exact) mass is 329 g/mol. The van der Waals surface area contributed by atoms with Gasteiger partial charge in [-0.1, -0.05) is 43.6 Å². The minimum atomic E-state index is -3.42. The summed E-state index contributed by atoms with van der Waals surface area (Å²) in [6.07, 6.45) is 0. The molecule has 0 aliphatic rings. The number of halogens is 1. The largest absolute Gasteiger partial charge is 0.250 e. The van der Waals surface area contributed by atoms with Gasteiger partial charge in [0.25, 0.3) is 0 Å². The van der Waals surface area contributed by atoms with E-state index in [9.17, 15) is 8.42 Å². The Bertz CT molecular complexity index is 662. The van der Waals surface area contributed by atoms with Crippen LogP contribution in [-0.4, -0.2) is 15.0 Å². The van der Waals surface area contributed by atoms with Crippen molar-refractivity contribution in [3.63, 3.8) is 0 Å². The first-order chi connectivity index (χ1) is 9.31. The molecule has 0 spiro atoms. The standard InChI is InChI=1S/C14H16ClNO2S2/c1-14(2,11-5-7-12(15)8-6-11)10-16-20(17,18)13-4-3-9-19-13/h3-9,16H,10H2,1-2H3. The summed E-state index contributed by atoms with van der Waals surface area (Å²) in [5.74, 6) is 0. The summed E-state index contributed by atoms with van der Waals surface area (Å²) in [6.45, 7) is 4.31. The lowest BCUT2D eigenvalue weighted by Gasteiger charge is -2.25. The third-order valence-electron chi connectivity index (χ3n) is 3.09. The highest BCUT2D eigenvalue weighted by Crippen LogP contribution is 2.25. The summed E-state index contributed by atoms with van der Waals surface area (Å²) in [7, 11) is -3.42. The second-order valence-electron chi connectivity index (χ2n) is 5.15. The van der Waals surface area contributed by atoms with Crippen molar-refractivity contribution >= 4 is 33.0 Å². The van der Waals surface area contributed by atoms with Crippen LogP contribution in [0.3, 0.4) is 0 Å². The fourth-order valence-electron chi connectivity index (χ4n) is 1.77. The van der Waals surface area contributed by atoms with E-state index in [-0.39, 0.29) is 5.41 Å². The Kier molecular flexibility index (Phi) is 4.54. The number of thiophene rings is 1. The second kappa shape index (κ2) is 5.85. The van der Waals surface area contributed by atoms with Gasteiger partial charge in [0.2, 0.25) is 10.0 Å². The molecule has 1 aromatic carbocycles. The average Bonchev–Trinajstić information content (AvgIpc) is 2.92. The Morgan fingerprint density at radius 1 is 1.20 bits per heavy atom. The first-order valence-electron chi connectivity index (χ1n) is 6.10. The lowest BCUT2D eigenvalue weighted by molar-refractivity contribution is 0.502. The average molecular weight is 330 g/mol. The van der Waals surface area contributed by atoms with Gasteiger partial charge in [-0.25, -0.2) is 13.1 Å². The van der Waals surface area contributed by atoms with Crippen molar-refractivity contribution in [3.05, 3.63) is 52.4 Å². The highest BCUT2D eigenvalue weighted by atomic mass is 35.5. The van der Waals surface area contributed by atoms with Gasteiger partial charge in [-0.2, -0.15) is 0 Å². The summed E-state index contributed by atoms with van der Waals surface area (Å²) in [5.41, 5.74) is 0.727. The highest BCUT2D eigenvalue weighted by Gasteiger charge is 2.24. The summed E-state index contributed by atoms with van der Waals surface area (Å²) in [4.78, 5) is 0. The van der Waals surface area contributed by atoms with E-state index in [1.54, 1.807) is 17.5 Å². The lowest BCUT2D eigenvalue weighted by atomic mass is 9.85. The Morgan fingerprint density at radius 2 is 1.85 bits per heavy atom. The molecule has 2 aromatic rings. The summed E-state index contributed by atoms with van der Waals surface area (Å²) < 4.78 is 27.2. The molecular weight excluding hydrogens is 314 g/mol. The quantitative estimate of drug-likeness (QED) is 0.910. The smallest absolute Gasteiger partial charge is 0.210 e. The zero-order chi connectivity index (χ0) is 14.8. The molecule has 2 rings (SSSR count). The molecule has 0 saturated carbocycles. The van der Waals surface area contributed by atoms with Crippen LogP contribution < -0.4 is 4.72 Å². The van der Waals surface area contributed by atoms with Crippen molar-refractivity contribution in [1.29, 1.82) is 0 Å². The van der Waals surface area contributed by atoms with Gasteiger partial charge in [0, 0.05) is 17.0 Å². The number of hydrogen-bond acceptors (Lipinski definition) is 3. The third kappa shape index (κ3) is 3.61. The number of hydrogen-bond donors (Lipinski definition) is 1. The Labute approximate surface area is 128 Å². The molecule has 6 heteroatoms. The van der Waals surface area contributed by atoms with E-state index < -0.39 is 10.0 Å². The summed E-state index contributed by atoms with van der Waals surface area (Å²) >= 11 is 7.08. The van der Waals surface area contributed by atoms with Crippen LogP contribution in [-0.2, 0) is 15.4 Å². The fourth-order valence-corrected chi connectivity index (χ4v) is 4.14. The van der Waals surface area contributed by atoms with Crippen LogP contribution in [0.2, 0.25) is 5.02 Å². The topological polar surface area (TPSA) is 46.2 Å². The molecule has 1 heterocycles. The molecule has 0 atom stereocenters. The van der Waals surface area contributed by atoms with Crippen LogP contribution in [0.4, 0.5) is 0 Å². The van der Waals surface area contributed by atoms with Gasteiger partial charge in [-0.15, -0.1) is 11.3 Å². The molecule has 20 heavy (non-hydrogen) atoms. The van der Waals surface area contributed by atoms with Gasteiger partial charge in [0.15, 0.2) is 0 Å². The van der Waals surface area contributed by atoms with Crippen molar-refractivity contribution in [3.8, 4) is 0 Å². The van der Waals surface area contributed by atoms with Crippen LogP contribution in [0.1, 0.15) is 19.4 Å². The predicted molar refractivity (Wildman–Crippen MR) is 84.0 cm³/mol. The molecule has 0 amide bonds. The molecule has 3 nitrogen and oxygen atoms in total. The molecule has 0 radical (unpaired) electrons. The molecule has 0 saturated heterocycles. The summed E-state index contributed by atoms with van der Waals surface area (Å²) in [6, 6.07) is 10.8. The zero-order valence-electron chi connectivity index (χ0n) is 11.3. The fraction of sp³-hybridized carbons (Fsp3) is 0.286. The molecule has 0 bridgehead atoms. The van der Waals surface area contributed by atoms with Gasteiger partial charge in [0.1, 0.15) is 4.21 Å². The minimum absolute atomic E-state index is 0.311. The Morgan fingerprint density at radius 3 is 2.40 bits per heavy atom. The zero-order valence-corrected chi connectivity index (χ0v) is 13.6. The van der Waals surface area contributed by atoms with Crippen LogP contribution in [0, 0.1) is 0 Å². The highest BCUT2D eigenvalue weighted by molar-refractivity contribution is 7.91. The lowest BCUT2D eigenvalue weighted by Crippen LogP contribution is -2.36. The van der Waals surface area contributed by atoms with Crippen molar-refractivity contribution in [2.24, 2.45) is 0 Å². The minimum Gasteiger partial charge on any atom is -0.210 e. The van der Waals surface area contributed by atoms with E-state index in [0.717, 1.165) is 5.56 Å². The number of benzene rings is 1. The van der Waals surface area contributed by atoms with Gasteiger partial charge in [0.05, 0.1) is 0 Å². The molecule has 0 fully saturated rings. The SMILES string of the molecule is CC(C)(CNS(=O)(=O)c1cccs1)c1ccc(Cl)cc1. The van der Waals surface area contributed by atoms with Gasteiger partial charge >= 0.3 is 0 Å². The van der Waals surface area contributed by atoms with Crippen molar-refractivity contribution in [1.82, 2.24) is 4.72 Å². The number of sulfonamides is 1. The van der Waals surface area contributed by atoms with Crippen LogP contribution in [0.5, 0.6) is 0 Å². The van der Waals surface area contributed by atoms with E-state index in [1.165, 1.54) is 11.3 Å². The van der Waals surface area contributed by atoms with Gasteiger partial charge in [-0.3, -0.25) is 0 Å². The molecule has 1 N–H and O–H groups in total. The van der Waals surface area contributed by atoms with E-state index in [4.69, 9.17) is 11.6 Å². The Hall–Kier alpha value is -0.880. The maximum atomic E-state index is 12.1. The molecule has 0 unspecified atom stereocenters. The van der Waals surface area contributed by atoms with Crippen LogP contribution in [0.15, 0.2) is 46.0 Å². The Balaban J connectivity index is 2.11. The van der Waals surface area contributed by atoms with E-state index >= 15 is 0 Å². The van der Waals surface area contributed by atoms with E-state index in [2.05, 4.69) is 4.72 Å². The molecular formula is C14H16ClNO2S2.